The van der Waals surface area contributed by atoms with Gasteiger partial charge in [0, 0.05) is 0 Å². The third kappa shape index (κ3) is 3.29. The molecule has 0 bridgehead atoms. The molecule has 24 heavy (non-hydrogen) atoms. The summed E-state index contributed by atoms with van der Waals surface area (Å²) in [5, 5.41) is 0. The maximum Gasteiger partial charge on any atom is 0.270 e. The maximum atomic E-state index is 12.7. The second-order valence-corrected chi connectivity index (χ2v) is 6.67. The van der Waals surface area contributed by atoms with Crippen LogP contribution in [-0.2, 0) is 4.79 Å². The third-order valence-corrected chi connectivity index (χ3v) is 4.82. The molecule has 1 fully saturated rings. The first-order chi connectivity index (χ1) is 11.6. The van der Waals surface area contributed by atoms with Gasteiger partial charge in [0.2, 0.25) is 0 Å². The molecule has 6 heteroatoms. The van der Waals surface area contributed by atoms with Crippen LogP contribution in [-0.4, -0.2) is 24.4 Å². The summed E-state index contributed by atoms with van der Waals surface area (Å²) in [6.07, 6.45) is 1.82. The summed E-state index contributed by atoms with van der Waals surface area (Å²) in [7, 11) is 3.22. The van der Waals surface area contributed by atoms with E-state index < -0.39 is 0 Å². The van der Waals surface area contributed by atoms with E-state index in [-0.39, 0.29) is 5.91 Å². The Balaban J connectivity index is 1.89. The summed E-state index contributed by atoms with van der Waals surface area (Å²) >= 11 is 6.67. The van der Waals surface area contributed by atoms with Gasteiger partial charge in [-0.25, -0.2) is 0 Å². The van der Waals surface area contributed by atoms with E-state index in [1.165, 1.54) is 16.7 Å². The number of benzene rings is 2. The molecule has 0 unspecified atom stereocenters. The number of nitrogens with zero attached hydrogens (tertiary/aromatic N) is 1. The minimum atomic E-state index is -0.127. The Kier molecular flexibility index (Phi) is 4.87. The van der Waals surface area contributed by atoms with Crippen LogP contribution >= 0.6 is 24.0 Å². The third-order valence-electron chi connectivity index (χ3n) is 3.52. The normalized spacial score (nSPS) is 15.9. The highest BCUT2D eigenvalue weighted by molar-refractivity contribution is 8.27. The number of carbonyl (C=O) groups excluding carboxylic acids is 1. The summed E-state index contributed by atoms with van der Waals surface area (Å²) in [5.41, 5.74) is 1.62. The van der Waals surface area contributed by atoms with Crippen molar-refractivity contribution in [1.82, 2.24) is 0 Å². The van der Waals surface area contributed by atoms with E-state index in [2.05, 4.69) is 0 Å². The van der Waals surface area contributed by atoms with E-state index in [0.29, 0.717) is 9.23 Å². The largest absolute Gasteiger partial charge is 0.497 e. The molecule has 1 amide bonds. The van der Waals surface area contributed by atoms with Crippen LogP contribution in [0, 0.1) is 0 Å². The molecule has 0 aromatic heterocycles. The van der Waals surface area contributed by atoms with E-state index in [4.69, 9.17) is 21.7 Å². The second kappa shape index (κ2) is 7.07. The zero-order valence-corrected chi connectivity index (χ0v) is 14.8. The van der Waals surface area contributed by atoms with Crippen LogP contribution in [0.4, 0.5) is 5.69 Å². The molecule has 1 aliphatic heterocycles. The summed E-state index contributed by atoms with van der Waals surface area (Å²) in [5.74, 6) is 1.35. The van der Waals surface area contributed by atoms with Gasteiger partial charge in [0.1, 0.15) is 11.5 Å². The average molecular weight is 357 g/mol. The van der Waals surface area contributed by atoms with Crippen molar-refractivity contribution in [2.24, 2.45) is 0 Å². The van der Waals surface area contributed by atoms with Gasteiger partial charge in [-0.15, -0.1) is 0 Å². The lowest BCUT2D eigenvalue weighted by atomic mass is 10.2. The van der Waals surface area contributed by atoms with E-state index in [1.54, 1.807) is 26.4 Å². The molecule has 4 nitrogen and oxygen atoms in total. The highest BCUT2D eigenvalue weighted by Gasteiger charge is 2.33. The summed E-state index contributed by atoms with van der Waals surface area (Å²) in [6, 6.07) is 14.8. The Morgan fingerprint density at radius 3 is 2.42 bits per heavy atom. The summed E-state index contributed by atoms with van der Waals surface area (Å²) in [6.45, 7) is 0. The van der Waals surface area contributed by atoms with E-state index in [0.717, 1.165) is 22.7 Å². The number of hydrogen-bond acceptors (Lipinski definition) is 5. The Hall–Kier alpha value is -2.31. The van der Waals surface area contributed by atoms with Gasteiger partial charge in [0.15, 0.2) is 4.32 Å². The molecule has 1 aliphatic rings. The van der Waals surface area contributed by atoms with E-state index >= 15 is 0 Å². The van der Waals surface area contributed by atoms with Crippen LogP contribution in [0.15, 0.2) is 53.4 Å². The smallest absolute Gasteiger partial charge is 0.270 e. The molecule has 1 saturated heterocycles. The zero-order chi connectivity index (χ0) is 17.1. The monoisotopic (exact) mass is 357 g/mol. The molecule has 0 atom stereocenters. The van der Waals surface area contributed by atoms with Gasteiger partial charge in [-0.3, -0.25) is 9.69 Å². The van der Waals surface area contributed by atoms with Crippen LogP contribution in [0.5, 0.6) is 11.5 Å². The lowest BCUT2D eigenvalue weighted by Gasteiger charge is -2.14. The fourth-order valence-corrected chi connectivity index (χ4v) is 3.60. The lowest BCUT2D eigenvalue weighted by molar-refractivity contribution is -0.113. The standard InChI is InChI=1S/C18H15NO3S2/c1-21-14-8-6-13(7-9-14)19-17(20)16(24-18(19)23)11-12-4-3-5-15(10-12)22-2/h3-11H,1-2H3/b16-11+. The molecule has 2 aromatic carbocycles. The first kappa shape index (κ1) is 16.5. The van der Waals surface area contributed by atoms with Crippen molar-refractivity contribution in [2.45, 2.75) is 0 Å². The number of ether oxygens (including phenoxy) is 2. The fourth-order valence-electron chi connectivity index (χ4n) is 2.30. The highest BCUT2D eigenvalue weighted by Crippen LogP contribution is 2.36. The van der Waals surface area contributed by atoms with Crippen LogP contribution in [0.2, 0.25) is 0 Å². The molecule has 122 valence electrons. The van der Waals surface area contributed by atoms with Crippen LogP contribution in [0.1, 0.15) is 5.56 Å². The molecule has 0 aliphatic carbocycles. The Morgan fingerprint density at radius 2 is 1.75 bits per heavy atom. The van der Waals surface area contributed by atoms with E-state index in [1.807, 2.05) is 42.5 Å². The van der Waals surface area contributed by atoms with Crippen molar-refractivity contribution in [3.8, 4) is 11.5 Å². The molecule has 0 radical (unpaired) electrons. The van der Waals surface area contributed by atoms with Crippen LogP contribution in [0.25, 0.3) is 6.08 Å². The van der Waals surface area contributed by atoms with Crippen molar-refractivity contribution in [3.63, 3.8) is 0 Å². The maximum absolute atomic E-state index is 12.7. The molecule has 1 heterocycles. The second-order valence-electron chi connectivity index (χ2n) is 4.99. The first-order valence-electron chi connectivity index (χ1n) is 7.18. The van der Waals surface area contributed by atoms with Crippen LogP contribution < -0.4 is 14.4 Å². The van der Waals surface area contributed by atoms with E-state index in [9.17, 15) is 4.79 Å². The van der Waals surface area contributed by atoms with Crippen LogP contribution in [0.3, 0.4) is 0 Å². The quantitative estimate of drug-likeness (QED) is 0.608. The van der Waals surface area contributed by atoms with Gasteiger partial charge in [-0.1, -0.05) is 36.1 Å². The summed E-state index contributed by atoms with van der Waals surface area (Å²) < 4.78 is 10.9. The number of hydrogen-bond donors (Lipinski definition) is 0. The van der Waals surface area contributed by atoms with Crippen molar-refractivity contribution < 1.29 is 14.3 Å². The Bertz CT molecular complexity index is 815. The van der Waals surface area contributed by atoms with Gasteiger partial charge < -0.3 is 9.47 Å². The Morgan fingerprint density at radius 1 is 1.04 bits per heavy atom. The minimum absolute atomic E-state index is 0.127. The van der Waals surface area contributed by atoms with Gasteiger partial charge in [-0.2, -0.15) is 0 Å². The molecule has 2 aromatic rings. The predicted molar refractivity (Wildman–Crippen MR) is 102 cm³/mol. The highest BCUT2D eigenvalue weighted by atomic mass is 32.2. The molecule has 0 spiro atoms. The minimum Gasteiger partial charge on any atom is -0.497 e. The van der Waals surface area contributed by atoms with Gasteiger partial charge >= 0.3 is 0 Å². The topological polar surface area (TPSA) is 38.8 Å². The fraction of sp³-hybridized carbons (Fsp3) is 0.111. The van der Waals surface area contributed by atoms with Gasteiger partial charge in [0.05, 0.1) is 24.8 Å². The number of amides is 1. The van der Waals surface area contributed by atoms with Crippen molar-refractivity contribution >= 4 is 46.0 Å². The summed E-state index contributed by atoms with van der Waals surface area (Å²) in [4.78, 5) is 14.8. The van der Waals surface area contributed by atoms with Crippen molar-refractivity contribution in [3.05, 3.63) is 59.0 Å². The number of anilines is 1. The Labute approximate surface area is 150 Å². The zero-order valence-electron chi connectivity index (χ0n) is 13.2. The van der Waals surface area contributed by atoms with Crippen molar-refractivity contribution in [1.29, 1.82) is 0 Å². The predicted octanol–water partition coefficient (Wildman–Crippen LogP) is 4.11. The lowest BCUT2D eigenvalue weighted by Crippen LogP contribution is -2.27. The average Bonchev–Trinajstić information content (AvgIpc) is 2.89. The van der Waals surface area contributed by atoms with Gasteiger partial charge in [0.25, 0.3) is 5.91 Å². The molecule has 0 saturated carbocycles. The molecule has 3 rings (SSSR count). The number of thioether (sulfide) groups is 1. The number of thiocarbonyl (C=S) groups is 1. The number of rotatable bonds is 4. The first-order valence-corrected chi connectivity index (χ1v) is 8.41. The van der Waals surface area contributed by atoms with Gasteiger partial charge in [-0.05, 0) is 48.0 Å². The molecule has 0 N–H and O–H groups in total. The molecular weight excluding hydrogens is 342 g/mol. The number of methoxy groups -OCH3 is 2. The number of carbonyl (C=O) groups is 1. The van der Waals surface area contributed by atoms with Crippen molar-refractivity contribution in [2.75, 3.05) is 19.1 Å². The molecular formula is C18H15NO3S2. The SMILES string of the molecule is COc1ccc(N2C(=O)/C(=C\c3cccc(OC)c3)SC2=S)cc1.